The molecular formula is C22H27NO5S. The number of nitrogens with zero attached hydrogens (tertiary/aromatic N) is 1. The van der Waals surface area contributed by atoms with Gasteiger partial charge in [-0.15, -0.1) is 0 Å². The molecule has 0 atom stereocenters. The van der Waals surface area contributed by atoms with Crippen molar-refractivity contribution in [2.24, 2.45) is 5.92 Å². The predicted octanol–water partition coefficient (Wildman–Crippen LogP) is 3.52. The van der Waals surface area contributed by atoms with E-state index in [1.807, 2.05) is 24.3 Å². The van der Waals surface area contributed by atoms with Crippen LogP contribution in [0.25, 0.3) is 0 Å². The lowest BCUT2D eigenvalue weighted by molar-refractivity contribution is 0.0509. The summed E-state index contributed by atoms with van der Waals surface area (Å²) in [7, 11) is -1.90. The Bertz CT molecular complexity index is 915. The van der Waals surface area contributed by atoms with Crippen LogP contribution in [0.5, 0.6) is 5.75 Å². The van der Waals surface area contributed by atoms with E-state index in [-0.39, 0.29) is 11.5 Å². The second-order valence-corrected chi connectivity index (χ2v) is 9.28. The van der Waals surface area contributed by atoms with Crippen molar-refractivity contribution in [3.05, 3.63) is 59.7 Å². The van der Waals surface area contributed by atoms with Crippen LogP contribution in [0.3, 0.4) is 0 Å². The van der Waals surface area contributed by atoms with Crippen LogP contribution in [-0.4, -0.2) is 45.5 Å². The topological polar surface area (TPSA) is 72.9 Å². The minimum atomic E-state index is -3.52. The molecule has 0 aromatic heterocycles. The Labute approximate surface area is 172 Å². The fourth-order valence-corrected chi connectivity index (χ4v) is 4.74. The van der Waals surface area contributed by atoms with Gasteiger partial charge in [0.15, 0.2) is 0 Å². The van der Waals surface area contributed by atoms with Crippen molar-refractivity contribution in [1.29, 1.82) is 0 Å². The van der Waals surface area contributed by atoms with Crippen molar-refractivity contribution in [2.45, 2.75) is 31.1 Å². The standard InChI is InChI=1S/C22H27NO5S/c1-17-11-14-23(15-12-17)29(25,26)21-9-5-19(6-10-21)22(24)28-16-13-18-3-7-20(27-2)8-4-18/h3-10,17H,11-16H2,1-2H3. The smallest absolute Gasteiger partial charge is 0.338 e. The Kier molecular flexibility index (Phi) is 6.92. The molecule has 1 heterocycles. The summed E-state index contributed by atoms with van der Waals surface area (Å²) in [4.78, 5) is 12.4. The molecule has 0 aliphatic carbocycles. The van der Waals surface area contributed by atoms with Crippen LogP contribution in [0.1, 0.15) is 35.7 Å². The highest BCUT2D eigenvalue weighted by Gasteiger charge is 2.28. The summed E-state index contributed by atoms with van der Waals surface area (Å²) in [6.07, 6.45) is 2.34. The normalized spacial score (nSPS) is 15.8. The van der Waals surface area contributed by atoms with Gasteiger partial charge in [0.25, 0.3) is 0 Å². The average Bonchev–Trinajstić information content (AvgIpc) is 2.74. The number of ether oxygens (including phenoxy) is 2. The SMILES string of the molecule is COc1ccc(CCOC(=O)c2ccc(S(=O)(=O)N3CCC(C)CC3)cc2)cc1. The number of rotatable bonds is 7. The van der Waals surface area contributed by atoms with Crippen LogP contribution >= 0.6 is 0 Å². The molecule has 156 valence electrons. The van der Waals surface area contributed by atoms with Crippen molar-refractivity contribution in [3.8, 4) is 5.75 Å². The van der Waals surface area contributed by atoms with Gasteiger partial charge in [-0.25, -0.2) is 13.2 Å². The highest BCUT2D eigenvalue weighted by molar-refractivity contribution is 7.89. The van der Waals surface area contributed by atoms with Crippen LogP contribution < -0.4 is 4.74 Å². The number of carbonyl (C=O) groups is 1. The first kappa shape index (κ1) is 21.3. The molecule has 0 saturated carbocycles. The van der Waals surface area contributed by atoms with Gasteiger partial charge in [0.05, 0.1) is 24.2 Å². The molecule has 3 rings (SSSR count). The van der Waals surface area contributed by atoms with E-state index in [2.05, 4.69) is 6.92 Å². The molecule has 1 saturated heterocycles. The highest BCUT2D eigenvalue weighted by Crippen LogP contribution is 2.23. The number of sulfonamides is 1. The van der Waals surface area contributed by atoms with Gasteiger partial charge in [-0.05, 0) is 60.7 Å². The number of methoxy groups -OCH3 is 1. The van der Waals surface area contributed by atoms with E-state index in [4.69, 9.17) is 9.47 Å². The van der Waals surface area contributed by atoms with Gasteiger partial charge >= 0.3 is 5.97 Å². The van der Waals surface area contributed by atoms with E-state index in [0.717, 1.165) is 24.2 Å². The van der Waals surface area contributed by atoms with E-state index >= 15 is 0 Å². The summed E-state index contributed by atoms with van der Waals surface area (Å²) in [6.45, 7) is 3.47. The van der Waals surface area contributed by atoms with Crippen LogP contribution in [0, 0.1) is 5.92 Å². The predicted molar refractivity (Wildman–Crippen MR) is 111 cm³/mol. The fraction of sp³-hybridized carbons (Fsp3) is 0.409. The number of esters is 1. The van der Waals surface area contributed by atoms with E-state index < -0.39 is 16.0 Å². The Hall–Kier alpha value is -2.38. The molecule has 6 nitrogen and oxygen atoms in total. The minimum absolute atomic E-state index is 0.210. The lowest BCUT2D eigenvalue weighted by atomic mass is 10.0. The zero-order chi connectivity index (χ0) is 20.9. The molecule has 0 spiro atoms. The monoisotopic (exact) mass is 417 g/mol. The Morgan fingerprint density at radius 3 is 2.24 bits per heavy atom. The largest absolute Gasteiger partial charge is 0.497 e. The number of benzene rings is 2. The fourth-order valence-electron chi connectivity index (χ4n) is 3.27. The second-order valence-electron chi connectivity index (χ2n) is 7.34. The van der Waals surface area contributed by atoms with Crippen LogP contribution in [0.15, 0.2) is 53.4 Å². The maximum absolute atomic E-state index is 12.8. The molecule has 1 aliphatic heterocycles. The lowest BCUT2D eigenvalue weighted by Gasteiger charge is -2.29. The molecule has 1 fully saturated rings. The molecule has 2 aromatic carbocycles. The first-order chi connectivity index (χ1) is 13.9. The summed E-state index contributed by atoms with van der Waals surface area (Å²) >= 11 is 0. The summed E-state index contributed by atoms with van der Waals surface area (Å²) in [5, 5.41) is 0. The molecule has 1 aliphatic rings. The van der Waals surface area contributed by atoms with Gasteiger partial charge in [0.2, 0.25) is 10.0 Å². The van der Waals surface area contributed by atoms with E-state index in [9.17, 15) is 13.2 Å². The van der Waals surface area contributed by atoms with Gasteiger partial charge in [-0.2, -0.15) is 4.31 Å². The molecule has 0 bridgehead atoms. The summed E-state index contributed by atoms with van der Waals surface area (Å²) in [5.41, 5.74) is 1.38. The summed E-state index contributed by atoms with van der Waals surface area (Å²) in [6, 6.07) is 13.5. The van der Waals surface area contributed by atoms with Gasteiger partial charge in [0, 0.05) is 19.5 Å². The molecule has 29 heavy (non-hydrogen) atoms. The first-order valence-corrected chi connectivity index (χ1v) is 11.2. The number of hydrogen-bond donors (Lipinski definition) is 0. The number of carbonyl (C=O) groups excluding carboxylic acids is 1. The molecule has 0 N–H and O–H groups in total. The maximum atomic E-state index is 12.8. The van der Waals surface area contributed by atoms with E-state index in [1.165, 1.54) is 28.6 Å². The molecule has 2 aromatic rings. The quantitative estimate of drug-likeness (QED) is 0.645. The number of piperidine rings is 1. The zero-order valence-electron chi connectivity index (χ0n) is 16.8. The van der Waals surface area contributed by atoms with Crippen molar-refractivity contribution in [3.63, 3.8) is 0 Å². The van der Waals surface area contributed by atoms with Crippen molar-refractivity contribution >= 4 is 16.0 Å². The van der Waals surface area contributed by atoms with E-state index in [1.54, 1.807) is 7.11 Å². The van der Waals surface area contributed by atoms with Crippen molar-refractivity contribution in [2.75, 3.05) is 26.8 Å². The molecule has 0 radical (unpaired) electrons. The Balaban J connectivity index is 1.55. The third kappa shape index (κ3) is 5.36. The lowest BCUT2D eigenvalue weighted by Crippen LogP contribution is -2.37. The number of hydrogen-bond acceptors (Lipinski definition) is 5. The van der Waals surface area contributed by atoms with Crippen LogP contribution in [0.4, 0.5) is 0 Å². The summed E-state index contributed by atoms with van der Waals surface area (Å²) in [5.74, 6) is 0.866. The Morgan fingerprint density at radius 2 is 1.66 bits per heavy atom. The molecule has 7 heteroatoms. The van der Waals surface area contributed by atoms with Crippen molar-refractivity contribution in [1.82, 2.24) is 4.31 Å². The van der Waals surface area contributed by atoms with Gasteiger partial charge < -0.3 is 9.47 Å². The van der Waals surface area contributed by atoms with E-state index in [0.29, 0.717) is 31.0 Å². The Morgan fingerprint density at radius 1 is 1.03 bits per heavy atom. The van der Waals surface area contributed by atoms with Crippen LogP contribution in [0.2, 0.25) is 0 Å². The highest BCUT2D eigenvalue weighted by atomic mass is 32.2. The zero-order valence-corrected chi connectivity index (χ0v) is 17.7. The van der Waals surface area contributed by atoms with Crippen LogP contribution in [-0.2, 0) is 21.2 Å². The molecule has 0 unspecified atom stereocenters. The molecular weight excluding hydrogens is 390 g/mol. The summed E-state index contributed by atoms with van der Waals surface area (Å²) < 4.78 is 37.5. The van der Waals surface area contributed by atoms with Gasteiger partial charge in [-0.1, -0.05) is 19.1 Å². The third-order valence-corrected chi connectivity index (χ3v) is 7.17. The van der Waals surface area contributed by atoms with Gasteiger partial charge in [-0.3, -0.25) is 0 Å². The minimum Gasteiger partial charge on any atom is -0.497 e. The third-order valence-electron chi connectivity index (χ3n) is 5.25. The second kappa shape index (κ2) is 9.41. The maximum Gasteiger partial charge on any atom is 0.338 e. The van der Waals surface area contributed by atoms with Crippen molar-refractivity contribution < 1.29 is 22.7 Å². The van der Waals surface area contributed by atoms with Gasteiger partial charge in [0.1, 0.15) is 5.75 Å². The first-order valence-electron chi connectivity index (χ1n) is 9.80. The average molecular weight is 418 g/mol. The molecule has 0 amide bonds.